The molecule has 0 bridgehead atoms. The van der Waals surface area contributed by atoms with E-state index in [0.717, 1.165) is 17.0 Å². The highest BCUT2D eigenvalue weighted by atomic mass is 16.5. The number of amides is 1. The van der Waals surface area contributed by atoms with Gasteiger partial charge in [0.2, 0.25) is 0 Å². The van der Waals surface area contributed by atoms with E-state index in [0.29, 0.717) is 11.1 Å². The lowest BCUT2D eigenvalue weighted by Crippen LogP contribution is -2.24. The zero-order valence-electron chi connectivity index (χ0n) is 14.4. The van der Waals surface area contributed by atoms with Gasteiger partial charge >= 0.3 is 0 Å². The second-order valence-electron chi connectivity index (χ2n) is 5.85. The molecular weight excluding hydrogens is 342 g/mol. The van der Waals surface area contributed by atoms with Crippen LogP contribution < -0.4 is 10.1 Å². The van der Waals surface area contributed by atoms with Crippen LogP contribution in [0.15, 0.2) is 78.9 Å². The van der Waals surface area contributed by atoms with E-state index in [2.05, 4.69) is 10.4 Å². The number of aromatic nitrogens is 2. The normalized spacial score (nSPS) is 10.7. The number of aliphatic hydroxyl groups excluding tert-OH is 1. The Morgan fingerprint density at radius 2 is 1.59 bits per heavy atom. The van der Waals surface area contributed by atoms with Crippen LogP contribution in [0.4, 0.5) is 0 Å². The van der Waals surface area contributed by atoms with Crippen molar-refractivity contribution in [3.63, 3.8) is 0 Å². The first-order valence-corrected chi connectivity index (χ1v) is 8.46. The Hall–Kier alpha value is -3.64. The molecule has 0 radical (unpaired) electrons. The van der Waals surface area contributed by atoms with Crippen LogP contribution >= 0.6 is 0 Å². The van der Waals surface area contributed by atoms with Crippen LogP contribution in [0.2, 0.25) is 0 Å². The van der Waals surface area contributed by atoms with Crippen LogP contribution in [-0.4, -0.2) is 27.5 Å². The van der Waals surface area contributed by atoms with Gasteiger partial charge in [0, 0.05) is 5.39 Å². The summed E-state index contributed by atoms with van der Waals surface area (Å²) in [5, 5.41) is 16.5. The van der Waals surface area contributed by atoms with Gasteiger partial charge in [-0.1, -0.05) is 36.4 Å². The molecule has 0 aliphatic carbocycles. The van der Waals surface area contributed by atoms with Crippen LogP contribution in [0.3, 0.4) is 0 Å². The Balaban J connectivity index is 1.69. The minimum absolute atomic E-state index is 0.268. The molecule has 6 heteroatoms. The largest absolute Gasteiger partial charge is 0.457 e. The van der Waals surface area contributed by atoms with Gasteiger partial charge in [0.1, 0.15) is 18.2 Å². The molecular formula is C21H17N3O3. The van der Waals surface area contributed by atoms with Crippen LogP contribution in [0.1, 0.15) is 10.5 Å². The van der Waals surface area contributed by atoms with Gasteiger partial charge < -0.3 is 15.2 Å². The Morgan fingerprint density at radius 3 is 2.33 bits per heavy atom. The van der Waals surface area contributed by atoms with Crippen LogP contribution in [0, 0.1) is 0 Å². The molecule has 0 saturated carbocycles. The van der Waals surface area contributed by atoms with Crippen molar-refractivity contribution < 1.29 is 14.6 Å². The maximum Gasteiger partial charge on any atom is 0.274 e. The van der Waals surface area contributed by atoms with E-state index in [4.69, 9.17) is 9.84 Å². The van der Waals surface area contributed by atoms with E-state index in [9.17, 15) is 4.79 Å². The predicted molar refractivity (Wildman–Crippen MR) is 102 cm³/mol. The fourth-order valence-electron chi connectivity index (χ4n) is 2.87. The van der Waals surface area contributed by atoms with Gasteiger partial charge in [0.25, 0.3) is 5.91 Å². The van der Waals surface area contributed by atoms with Gasteiger partial charge in [-0.25, -0.2) is 4.68 Å². The van der Waals surface area contributed by atoms with Crippen molar-refractivity contribution in [1.82, 2.24) is 15.1 Å². The second-order valence-corrected chi connectivity index (χ2v) is 5.85. The molecule has 0 atom stereocenters. The lowest BCUT2D eigenvalue weighted by molar-refractivity contribution is 0.0906. The number of para-hydroxylation sites is 2. The highest BCUT2D eigenvalue weighted by Gasteiger charge is 2.17. The van der Waals surface area contributed by atoms with Crippen LogP contribution in [0.5, 0.6) is 11.5 Å². The van der Waals surface area contributed by atoms with Gasteiger partial charge in [0.05, 0.1) is 11.2 Å². The van der Waals surface area contributed by atoms with Crippen molar-refractivity contribution in [2.24, 2.45) is 0 Å². The minimum Gasteiger partial charge on any atom is -0.457 e. The molecule has 4 aromatic rings. The van der Waals surface area contributed by atoms with E-state index in [1.807, 2.05) is 78.9 Å². The highest BCUT2D eigenvalue weighted by Crippen LogP contribution is 2.25. The second kappa shape index (κ2) is 7.31. The van der Waals surface area contributed by atoms with Gasteiger partial charge in [-0.2, -0.15) is 5.10 Å². The third kappa shape index (κ3) is 3.38. The molecule has 3 aromatic carbocycles. The van der Waals surface area contributed by atoms with E-state index in [-0.39, 0.29) is 5.69 Å². The number of hydrogen-bond donors (Lipinski definition) is 2. The molecule has 0 fully saturated rings. The van der Waals surface area contributed by atoms with Crippen molar-refractivity contribution in [1.29, 1.82) is 0 Å². The first-order chi connectivity index (χ1) is 13.3. The number of nitrogens with one attached hydrogen (secondary N) is 1. The van der Waals surface area contributed by atoms with E-state index >= 15 is 0 Å². The van der Waals surface area contributed by atoms with Gasteiger partial charge in [-0.3, -0.25) is 4.79 Å². The SMILES string of the molecule is O=C(NCO)c1nn(-c2ccc(Oc3ccccc3)cc2)c2ccccc12. The summed E-state index contributed by atoms with van der Waals surface area (Å²) in [6, 6.07) is 24.5. The topological polar surface area (TPSA) is 76.4 Å². The molecule has 0 aliphatic rings. The molecule has 27 heavy (non-hydrogen) atoms. The Morgan fingerprint density at radius 1 is 0.926 bits per heavy atom. The number of carbonyl (C=O) groups is 1. The van der Waals surface area contributed by atoms with E-state index < -0.39 is 12.6 Å². The number of benzene rings is 3. The molecule has 0 spiro atoms. The monoisotopic (exact) mass is 359 g/mol. The van der Waals surface area contributed by atoms with Gasteiger partial charge in [-0.15, -0.1) is 0 Å². The molecule has 4 rings (SSSR count). The summed E-state index contributed by atoms with van der Waals surface area (Å²) in [6.07, 6.45) is 0. The molecule has 1 heterocycles. The molecule has 2 N–H and O–H groups in total. The molecule has 1 aromatic heterocycles. The van der Waals surface area contributed by atoms with Crippen LogP contribution in [-0.2, 0) is 0 Å². The molecule has 0 unspecified atom stereocenters. The molecule has 134 valence electrons. The van der Waals surface area contributed by atoms with Crippen molar-refractivity contribution in [2.75, 3.05) is 6.73 Å². The van der Waals surface area contributed by atoms with Gasteiger partial charge in [0.15, 0.2) is 5.69 Å². The quantitative estimate of drug-likeness (QED) is 0.535. The zero-order valence-corrected chi connectivity index (χ0v) is 14.4. The summed E-state index contributed by atoms with van der Waals surface area (Å²) in [5.74, 6) is 1.05. The highest BCUT2D eigenvalue weighted by molar-refractivity contribution is 6.05. The summed E-state index contributed by atoms with van der Waals surface area (Å²) in [4.78, 5) is 12.2. The minimum atomic E-state index is -0.439. The summed E-state index contributed by atoms with van der Waals surface area (Å²) in [6.45, 7) is -0.439. The maximum absolute atomic E-state index is 12.2. The number of aliphatic hydroxyl groups is 1. The fourth-order valence-corrected chi connectivity index (χ4v) is 2.87. The molecule has 0 saturated heterocycles. The van der Waals surface area contributed by atoms with E-state index in [1.54, 1.807) is 4.68 Å². The summed E-state index contributed by atoms with van der Waals surface area (Å²) < 4.78 is 7.51. The average Bonchev–Trinajstić information content (AvgIpc) is 3.09. The number of ether oxygens (including phenoxy) is 1. The predicted octanol–water partition coefficient (Wildman–Crippen LogP) is 3.50. The first kappa shape index (κ1) is 16.8. The smallest absolute Gasteiger partial charge is 0.274 e. The number of rotatable bonds is 5. The standard InChI is InChI=1S/C21H17N3O3/c25-14-22-21(26)20-18-8-4-5-9-19(18)24(23-20)15-10-12-17(13-11-15)27-16-6-2-1-3-7-16/h1-13,25H,14H2,(H,22,26). The third-order valence-corrected chi connectivity index (χ3v) is 4.10. The zero-order chi connectivity index (χ0) is 18.6. The molecule has 0 aliphatic heterocycles. The van der Waals surface area contributed by atoms with Crippen molar-refractivity contribution in [3.8, 4) is 17.2 Å². The Labute approximate surface area is 155 Å². The third-order valence-electron chi connectivity index (χ3n) is 4.10. The summed E-state index contributed by atoms with van der Waals surface area (Å²) >= 11 is 0. The lowest BCUT2D eigenvalue weighted by atomic mass is 10.2. The maximum atomic E-state index is 12.2. The van der Waals surface area contributed by atoms with Crippen molar-refractivity contribution in [2.45, 2.75) is 0 Å². The summed E-state index contributed by atoms with van der Waals surface area (Å²) in [5.41, 5.74) is 1.87. The average molecular weight is 359 g/mol. The number of hydrogen-bond acceptors (Lipinski definition) is 4. The van der Waals surface area contributed by atoms with E-state index in [1.165, 1.54) is 0 Å². The number of carbonyl (C=O) groups excluding carboxylic acids is 1. The molecule has 1 amide bonds. The molecule has 6 nitrogen and oxygen atoms in total. The first-order valence-electron chi connectivity index (χ1n) is 8.46. The lowest BCUT2D eigenvalue weighted by Gasteiger charge is -2.07. The Bertz CT molecular complexity index is 1070. The fraction of sp³-hybridized carbons (Fsp3) is 0.0476. The van der Waals surface area contributed by atoms with Crippen molar-refractivity contribution in [3.05, 3.63) is 84.6 Å². The number of fused-ring (bicyclic) bond motifs is 1. The number of nitrogens with zero attached hydrogens (tertiary/aromatic N) is 2. The van der Waals surface area contributed by atoms with Crippen LogP contribution in [0.25, 0.3) is 16.6 Å². The summed E-state index contributed by atoms with van der Waals surface area (Å²) in [7, 11) is 0. The van der Waals surface area contributed by atoms with Gasteiger partial charge in [-0.05, 0) is 42.5 Å². The Kier molecular flexibility index (Phi) is 4.55. The van der Waals surface area contributed by atoms with Crippen molar-refractivity contribution >= 4 is 16.8 Å².